The Morgan fingerprint density at radius 3 is 2.37 bits per heavy atom. The first-order valence-electron chi connectivity index (χ1n) is 4.81. The van der Waals surface area contributed by atoms with Gasteiger partial charge in [0, 0.05) is 0 Å². The highest BCUT2D eigenvalue weighted by molar-refractivity contribution is 5.95. The molecule has 9 heteroatoms. The van der Waals surface area contributed by atoms with Crippen LogP contribution in [0.4, 0.5) is 11.4 Å². The number of nitriles is 1. The molecule has 1 aromatic carbocycles. The lowest BCUT2D eigenvalue weighted by Crippen LogP contribution is -1.97. The van der Waals surface area contributed by atoms with E-state index >= 15 is 0 Å². The molecule has 0 spiro atoms. The number of nitro benzene ring substituents is 2. The van der Waals surface area contributed by atoms with E-state index in [1.807, 2.05) is 0 Å². The van der Waals surface area contributed by atoms with Gasteiger partial charge >= 0.3 is 5.69 Å². The first kappa shape index (κ1) is 12.2. The smallest absolute Gasteiger partial charge is 0.319 e. The van der Waals surface area contributed by atoms with Gasteiger partial charge in [0.1, 0.15) is 17.3 Å². The molecule has 9 nitrogen and oxygen atoms in total. The molecule has 0 aliphatic heterocycles. The van der Waals surface area contributed by atoms with E-state index in [1.54, 1.807) is 6.07 Å². The predicted molar refractivity (Wildman–Crippen MR) is 61.4 cm³/mol. The van der Waals surface area contributed by atoms with Crippen LogP contribution in [0.1, 0.15) is 5.69 Å². The van der Waals surface area contributed by atoms with Crippen LogP contribution in [0.25, 0.3) is 10.9 Å². The minimum absolute atomic E-state index is 0.0768. The van der Waals surface area contributed by atoms with E-state index < -0.39 is 27.0 Å². The third kappa shape index (κ3) is 1.87. The standard InChI is InChI=1S/C10H4N4O5/c11-4-5-1-2-6-7(13(16)17)3-8(14(18)19)10(15)9(6)12-5/h1-3,15H. The van der Waals surface area contributed by atoms with Crippen LogP contribution in [0.2, 0.25) is 0 Å². The number of phenolic OH excluding ortho intramolecular Hbond substituents is 1. The number of pyridine rings is 1. The van der Waals surface area contributed by atoms with Crippen molar-refractivity contribution in [2.24, 2.45) is 0 Å². The number of aromatic hydroxyl groups is 1. The molecular weight excluding hydrogens is 256 g/mol. The van der Waals surface area contributed by atoms with E-state index in [0.717, 1.165) is 0 Å². The molecule has 2 rings (SSSR count). The molecule has 0 amide bonds. The van der Waals surface area contributed by atoms with Crippen LogP contribution in [0.5, 0.6) is 5.75 Å². The Labute approximate surface area is 104 Å². The maximum atomic E-state index is 10.9. The zero-order chi connectivity index (χ0) is 14.2. The first-order valence-corrected chi connectivity index (χ1v) is 4.81. The average Bonchev–Trinajstić information content (AvgIpc) is 2.38. The molecule has 1 N–H and O–H groups in total. The number of hydrogen-bond donors (Lipinski definition) is 1. The molecule has 0 saturated carbocycles. The molecule has 0 atom stereocenters. The van der Waals surface area contributed by atoms with Crippen molar-refractivity contribution in [1.29, 1.82) is 5.26 Å². The first-order chi connectivity index (χ1) is 8.95. The van der Waals surface area contributed by atoms with Crippen LogP contribution >= 0.6 is 0 Å². The third-order valence-electron chi connectivity index (χ3n) is 2.42. The highest BCUT2D eigenvalue weighted by atomic mass is 16.6. The Morgan fingerprint density at radius 1 is 1.21 bits per heavy atom. The van der Waals surface area contributed by atoms with Crippen LogP contribution in [-0.2, 0) is 0 Å². The predicted octanol–water partition coefficient (Wildman–Crippen LogP) is 1.63. The van der Waals surface area contributed by atoms with E-state index in [4.69, 9.17) is 5.26 Å². The fraction of sp³-hybridized carbons (Fsp3) is 0. The number of nitrogens with zero attached hydrogens (tertiary/aromatic N) is 4. The molecule has 0 bridgehead atoms. The van der Waals surface area contributed by atoms with E-state index in [9.17, 15) is 25.3 Å². The molecule has 2 aromatic rings. The number of rotatable bonds is 2. The number of benzene rings is 1. The minimum atomic E-state index is -0.956. The SMILES string of the molecule is N#Cc1ccc2c([N+](=O)[O-])cc([N+](=O)[O-])c(O)c2n1. The Kier molecular flexibility index (Phi) is 2.69. The number of hydrogen-bond acceptors (Lipinski definition) is 7. The molecule has 0 radical (unpaired) electrons. The summed E-state index contributed by atoms with van der Waals surface area (Å²) in [5, 5.41) is 39.9. The van der Waals surface area contributed by atoms with Crippen LogP contribution in [0.3, 0.4) is 0 Å². The molecule has 19 heavy (non-hydrogen) atoms. The average molecular weight is 260 g/mol. The number of fused-ring (bicyclic) bond motifs is 1. The number of phenols is 1. The van der Waals surface area contributed by atoms with E-state index in [0.29, 0.717) is 6.07 Å². The second kappa shape index (κ2) is 4.19. The highest BCUT2D eigenvalue weighted by Gasteiger charge is 2.26. The van der Waals surface area contributed by atoms with Gasteiger partial charge in [-0.3, -0.25) is 20.2 Å². The quantitative estimate of drug-likeness (QED) is 0.638. The summed E-state index contributed by atoms with van der Waals surface area (Å²) in [7, 11) is 0. The summed E-state index contributed by atoms with van der Waals surface area (Å²) in [6, 6.07) is 4.77. The van der Waals surface area contributed by atoms with Gasteiger partial charge in [-0.1, -0.05) is 0 Å². The number of non-ortho nitro benzene ring substituents is 1. The summed E-state index contributed by atoms with van der Waals surface area (Å²) in [4.78, 5) is 23.5. The summed E-state index contributed by atoms with van der Waals surface area (Å²) in [6.07, 6.45) is 0. The van der Waals surface area contributed by atoms with Gasteiger partial charge < -0.3 is 5.11 Å². The van der Waals surface area contributed by atoms with Gasteiger partial charge in [0.25, 0.3) is 5.69 Å². The lowest BCUT2D eigenvalue weighted by atomic mass is 10.1. The Bertz CT molecular complexity index is 765. The summed E-state index contributed by atoms with van der Waals surface area (Å²) < 4.78 is 0. The van der Waals surface area contributed by atoms with Crippen molar-refractivity contribution in [3.63, 3.8) is 0 Å². The second-order valence-corrected chi connectivity index (χ2v) is 3.48. The maximum Gasteiger partial charge on any atom is 0.319 e. The summed E-state index contributed by atoms with van der Waals surface area (Å²) in [5.74, 6) is -0.803. The van der Waals surface area contributed by atoms with Gasteiger partial charge in [-0.25, -0.2) is 4.98 Å². The van der Waals surface area contributed by atoms with Crippen LogP contribution in [0.15, 0.2) is 18.2 Å². The van der Waals surface area contributed by atoms with Gasteiger partial charge in [-0.05, 0) is 12.1 Å². The Balaban J connectivity index is 2.97. The van der Waals surface area contributed by atoms with Gasteiger partial charge in [-0.15, -0.1) is 0 Å². The van der Waals surface area contributed by atoms with Gasteiger partial charge in [-0.2, -0.15) is 5.26 Å². The zero-order valence-corrected chi connectivity index (χ0v) is 9.10. The molecule has 0 aliphatic carbocycles. The van der Waals surface area contributed by atoms with E-state index in [-0.39, 0.29) is 16.6 Å². The fourth-order valence-electron chi connectivity index (χ4n) is 1.60. The number of aromatic nitrogens is 1. The normalized spacial score (nSPS) is 10.1. The van der Waals surface area contributed by atoms with Crippen molar-refractivity contribution in [1.82, 2.24) is 4.98 Å². The molecule has 1 heterocycles. The van der Waals surface area contributed by atoms with Crippen LogP contribution < -0.4 is 0 Å². The second-order valence-electron chi connectivity index (χ2n) is 3.48. The highest BCUT2D eigenvalue weighted by Crippen LogP contribution is 2.39. The third-order valence-corrected chi connectivity index (χ3v) is 2.42. The molecule has 0 saturated heterocycles. The summed E-state index contributed by atoms with van der Waals surface area (Å²) in [5.41, 5.74) is -1.85. The maximum absolute atomic E-state index is 10.9. The monoisotopic (exact) mass is 260 g/mol. The van der Waals surface area contributed by atoms with Crippen molar-refractivity contribution < 1.29 is 15.0 Å². The zero-order valence-electron chi connectivity index (χ0n) is 9.10. The Morgan fingerprint density at radius 2 is 1.84 bits per heavy atom. The van der Waals surface area contributed by atoms with E-state index in [1.165, 1.54) is 12.1 Å². The molecular formula is C10H4N4O5. The van der Waals surface area contributed by atoms with Crippen molar-refractivity contribution in [3.05, 3.63) is 44.1 Å². The van der Waals surface area contributed by atoms with Gasteiger partial charge in [0.15, 0.2) is 0 Å². The number of nitro groups is 2. The largest absolute Gasteiger partial charge is 0.501 e. The van der Waals surface area contributed by atoms with Crippen LogP contribution in [0, 0.1) is 31.6 Å². The van der Waals surface area contributed by atoms with Crippen molar-refractivity contribution in [3.8, 4) is 11.8 Å². The summed E-state index contributed by atoms with van der Waals surface area (Å²) in [6.45, 7) is 0. The molecule has 0 unspecified atom stereocenters. The fourth-order valence-corrected chi connectivity index (χ4v) is 1.60. The molecule has 0 aliphatic rings. The van der Waals surface area contributed by atoms with Crippen molar-refractivity contribution in [2.75, 3.05) is 0 Å². The van der Waals surface area contributed by atoms with Gasteiger partial charge in [0.2, 0.25) is 5.75 Å². The van der Waals surface area contributed by atoms with Crippen LogP contribution in [-0.4, -0.2) is 19.9 Å². The van der Waals surface area contributed by atoms with E-state index in [2.05, 4.69) is 4.98 Å². The molecule has 94 valence electrons. The van der Waals surface area contributed by atoms with Gasteiger partial charge in [0.05, 0.1) is 21.3 Å². The lowest BCUT2D eigenvalue weighted by Gasteiger charge is -2.03. The minimum Gasteiger partial charge on any atom is -0.501 e. The topological polar surface area (TPSA) is 143 Å². The summed E-state index contributed by atoms with van der Waals surface area (Å²) >= 11 is 0. The lowest BCUT2D eigenvalue weighted by molar-refractivity contribution is -0.393. The van der Waals surface area contributed by atoms with Crippen molar-refractivity contribution in [2.45, 2.75) is 0 Å². The molecule has 0 fully saturated rings. The Hall–Kier alpha value is -3.28. The molecule has 1 aromatic heterocycles. The van der Waals surface area contributed by atoms with Crippen molar-refractivity contribution >= 4 is 22.3 Å².